The van der Waals surface area contributed by atoms with Gasteiger partial charge >= 0.3 is 0 Å². The van der Waals surface area contributed by atoms with Gasteiger partial charge in [-0.15, -0.1) is 11.3 Å². The van der Waals surface area contributed by atoms with Crippen molar-refractivity contribution >= 4 is 43.7 Å². The molecular weight excluding hydrogens is 320 g/mol. The van der Waals surface area contributed by atoms with Crippen LogP contribution < -0.4 is 0 Å². The van der Waals surface area contributed by atoms with Gasteiger partial charge in [0, 0.05) is 4.88 Å². The summed E-state index contributed by atoms with van der Waals surface area (Å²) in [4.78, 5) is 1.50. The highest BCUT2D eigenvalue weighted by Crippen LogP contribution is 2.40. The second-order valence-corrected chi connectivity index (χ2v) is 7.87. The predicted octanol–water partition coefficient (Wildman–Crippen LogP) is 7.66. The van der Waals surface area contributed by atoms with Crippen molar-refractivity contribution in [2.24, 2.45) is 0 Å². The van der Waals surface area contributed by atoms with E-state index in [1.165, 1.54) is 67.6 Å². The first-order valence-electron chi connectivity index (χ1n) is 9.09. The maximum Gasteiger partial charge on any atom is 0.00516 e. The van der Waals surface area contributed by atoms with Crippen LogP contribution in [0.4, 0.5) is 0 Å². The van der Waals surface area contributed by atoms with Crippen molar-refractivity contribution in [1.29, 1.82) is 0 Å². The summed E-state index contributed by atoms with van der Waals surface area (Å²) >= 11 is 1.90. The van der Waals surface area contributed by atoms with Crippen molar-refractivity contribution in [2.75, 3.05) is 0 Å². The van der Waals surface area contributed by atoms with E-state index in [2.05, 4.69) is 73.0 Å². The van der Waals surface area contributed by atoms with E-state index < -0.39 is 0 Å². The number of aryl methyl sites for hydroxylation is 1. The molecule has 0 saturated heterocycles. The van der Waals surface area contributed by atoms with Gasteiger partial charge < -0.3 is 0 Å². The first kappa shape index (κ1) is 14.9. The van der Waals surface area contributed by atoms with Crippen LogP contribution in [0.2, 0.25) is 0 Å². The maximum absolute atomic E-state index is 2.40. The topological polar surface area (TPSA) is 0 Å². The summed E-state index contributed by atoms with van der Waals surface area (Å²) in [5.41, 5.74) is 2.73. The first-order chi connectivity index (χ1) is 12.3. The second-order valence-electron chi connectivity index (χ2n) is 6.87. The van der Waals surface area contributed by atoms with Crippen molar-refractivity contribution in [3.05, 3.63) is 70.9 Å². The van der Waals surface area contributed by atoms with Gasteiger partial charge in [0.2, 0.25) is 0 Å². The second kappa shape index (κ2) is 5.86. The van der Waals surface area contributed by atoms with Crippen molar-refractivity contribution in [3.63, 3.8) is 0 Å². The van der Waals surface area contributed by atoms with Crippen LogP contribution in [0.25, 0.3) is 43.4 Å². The van der Waals surface area contributed by atoms with Crippen molar-refractivity contribution in [2.45, 2.75) is 26.2 Å². The summed E-state index contributed by atoms with van der Waals surface area (Å²) in [5.74, 6) is 0. The average Bonchev–Trinajstić information content (AvgIpc) is 3.13. The highest BCUT2D eigenvalue weighted by atomic mass is 32.1. The number of rotatable bonds is 4. The summed E-state index contributed by atoms with van der Waals surface area (Å²) in [7, 11) is 0. The minimum atomic E-state index is 1.20. The number of hydrogen-bond acceptors (Lipinski definition) is 1. The Bertz CT molecular complexity index is 1160. The third-order valence-corrected chi connectivity index (χ3v) is 6.27. The molecule has 122 valence electrons. The van der Waals surface area contributed by atoms with E-state index >= 15 is 0 Å². The van der Waals surface area contributed by atoms with Gasteiger partial charge in [0.1, 0.15) is 0 Å². The quantitative estimate of drug-likeness (QED) is 0.295. The number of hydrogen-bond donors (Lipinski definition) is 0. The minimum absolute atomic E-state index is 1.20. The van der Waals surface area contributed by atoms with Crippen LogP contribution in [0.3, 0.4) is 0 Å². The van der Waals surface area contributed by atoms with Gasteiger partial charge in [-0.2, -0.15) is 0 Å². The molecule has 0 nitrogen and oxygen atoms in total. The average molecular weight is 340 g/mol. The summed E-state index contributed by atoms with van der Waals surface area (Å²) in [5, 5.41) is 10.5. The summed E-state index contributed by atoms with van der Waals surface area (Å²) in [6.07, 6.45) is 3.73. The molecule has 0 fully saturated rings. The lowest BCUT2D eigenvalue weighted by Crippen LogP contribution is -1.86. The SMILES string of the molecule is CCCCc1cc(-c2ccc3ccc4cccc5ccc2c3c45)cs1. The van der Waals surface area contributed by atoms with Crippen LogP contribution in [0.5, 0.6) is 0 Å². The van der Waals surface area contributed by atoms with Crippen molar-refractivity contribution in [3.8, 4) is 11.1 Å². The molecule has 0 unspecified atom stereocenters. The van der Waals surface area contributed by atoms with E-state index in [1.54, 1.807) is 0 Å². The molecule has 0 amide bonds. The van der Waals surface area contributed by atoms with E-state index in [9.17, 15) is 0 Å². The molecular formula is C24H20S. The Labute approximate surface area is 152 Å². The van der Waals surface area contributed by atoms with E-state index in [0.29, 0.717) is 0 Å². The fourth-order valence-corrected chi connectivity index (χ4v) is 4.92. The Kier molecular flexibility index (Phi) is 3.50. The van der Waals surface area contributed by atoms with Crippen LogP contribution in [0.15, 0.2) is 66.0 Å². The molecule has 5 rings (SSSR count). The molecule has 0 bridgehead atoms. The Hall–Kier alpha value is -2.38. The van der Waals surface area contributed by atoms with E-state index in [-0.39, 0.29) is 0 Å². The third kappa shape index (κ3) is 2.34. The summed E-state index contributed by atoms with van der Waals surface area (Å²) in [6.45, 7) is 2.26. The molecule has 0 saturated carbocycles. The van der Waals surface area contributed by atoms with Crippen molar-refractivity contribution in [1.82, 2.24) is 0 Å². The zero-order valence-electron chi connectivity index (χ0n) is 14.4. The Morgan fingerprint density at radius 2 is 1.52 bits per heavy atom. The zero-order chi connectivity index (χ0) is 16.8. The molecule has 25 heavy (non-hydrogen) atoms. The minimum Gasteiger partial charge on any atom is -0.148 e. The molecule has 0 radical (unpaired) electrons. The first-order valence-corrected chi connectivity index (χ1v) is 9.97. The van der Waals surface area contributed by atoms with Gasteiger partial charge in [0.05, 0.1) is 0 Å². The van der Waals surface area contributed by atoms with Gasteiger partial charge in [-0.25, -0.2) is 0 Å². The maximum atomic E-state index is 2.40. The molecule has 5 aromatic rings. The Balaban J connectivity index is 1.77. The van der Waals surface area contributed by atoms with Crippen LogP contribution in [-0.4, -0.2) is 0 Å². The smallest absolute Gasteiger partial charge is 0.00516 e. The number of unbranched alkanes of at least 4 members (excludes halogenated alkanes) is 1. The molecule has 1 heterocycles. The lowest BCUT2D eigenvalue weighted by atomic mass is 9.90. The molecule has 1 heteroatoms. The predicted molar refractivity (Wildman–Crippen MR) is 112 cm³/mol. The lowest BCUT2D eigenvalue weighted by molar-refractivity contribution is 0.804. The van der Waals surface area contributed by atoms with Gasteiger partial charge in [-0.1, -0.05) is 67.9 Å². The molecule has 0 spiro atoms. The monoisotopic (exact) mass is 340 g/mol. The van der Waals surface area contributed by atoms with Crippen LogP contribution in [0.1, 0.15) is 24.6 Å². The van der Waals surface area contributed by atoms with Crippen LogP contribution in [-0.2, 0) is 6.42 Å². The highest BCUT2D eigenvalue weighted by Gasteiger charge is 2.12. The van der Waals surface area contributed by atoms with Gasteiger partial charge in [0.15, 0.2) is 0 Å². The van der Waals surface area contributed by atoms with Gasteiger partial charge in [-0.05, 0) is 67.7 Å². The zero-order valence-corrected chi connectivity index (χ0v) is 15.2. The molecule has 4 aromatic carbocycles. The molecule has 0 atom stereocenters. The molecule has 1 aromatic heterocycles. The van der Waals surface area contributed by atoms with Gasteiger partial charge in [0.25, 0.3) is 0 Å². The number of benzene rings is 4. The fraction of sp³-hybridized carbons (Fsp3) is 0.167. The normalized spacial score (nSPS) is 11.9. The standard InChI is InChI=1S/C24H20S/c1-2-3-7-20-14-19(15-25-20)21-12-10-18-9-8-16-5-4-6-17-11-13-22(21)24(18)23(16)17/h4-6,8-15H,2-3,7H2,1H3. The third-order valence-electron chi connectivity index (χ3n) is 5.27. The Morgan fingerprint density at radius 1 is 0.800 bits per heavy atom. The fourth-order valence-electron chi connectivity index (χ4n) is 3.99. The van der Waals surface area contributed by atoms with Gasteiger partial charge in [-0.3, -0.25) is 0 Å². The van der Waals surface area contributed by atoms with E-state index in [1.807, 2.05) is 11.3 Å². The molecule has 0 aliphatic heterocycles. The number of thiophene rings is 1. The molecule has 0 aliphatic rings. The highest BCUT2D eigenvalue weighted by molar-refractivity contribution is 7.10. The van der Waals surface area contributed by atoms with Crippen LogP contribution in [0, 0.1) is 0 Å². The molecule has 0 N–H and O–H groups in total. The van der Waals surface area contributed by atoms with E-state index in [4.69, 9.17) is 0 Å². The summed E-state index contributed by atoms with van der Waals surface area (Å²) < 4.78 is 0. The largest absolute Gasteiger partial charge is 0.148 e. The van der Waals surface area contributed by atoms with E-state index in [0.717, 1.165) is 0 Å². The molecule has 0 aliphatic carbocycles. The summed E-state index contributed by atoms with van der Waals surface area (Å²) in [6, 6.07) is 22.7. The Morgan fingerprint density at radius 3 is 2.32 bits per heavy atom. The lowest BCUT2D eigenvalue weighted by Gasteiger charge is -2.13. The van der Waals surface area contributed by atoms with Crippen LogP contribution >= 0.6 is 11.3 Å². The van der Waals surface area contributed by atoms with Crippen molar-refractivity contribution < 1.29 is 0 Å².